The number of nitrogens with one attached hydrogen (secondary N) is 2. The predicted molar refractivity (Wildman–Crippen MR) is 157 cm³/mol. The fraction of sp³-hybridized carbons (Fsp3) is 0.483. The highest BCUT2D eigenvalue weighted by Crippen LogP contribution is 2.55. The summed E-state index contributed by atoms with van der Waals surface area (Å²) in [5.41, 5.74) is 4.44. The van der Waals surface area contributed by atoms with E-state index >= 15 is 0 Å². The molecule has 0 saturated carbocycles. The molecule has 1 amide bonds. The smallest absolute Gasteiger partial charge is 0.254 e. The van der Waals surface area contributed by atoms with Crippen molar-refractivity contribution in [3.63, 3.8) is 0 Å². The lowest BCUT2D eigenvalue weighted by Gasteiger charge is -2.39. The van der Waals surface area contributed by atoms with Crippen molar-refractivity contribution in [1.82, 2.24) is 10.2 Å². The number of benzene rings is 2. The van der Waals surface area contributed by atoms with Crippen LogP contribution < -0.4 is 14.8 Å². The fourth-order valence-corrected chi connectivity index (χ4v) is 7.11. The van der Waals surface area contributed by atoms with E-state index in [1.165, 1.54) is 0 Å². The second-order valence-electron chi connectivity index (χ2n) is 10.6. The van der Waals surface area contributed by atoms with Crippen LogP contribution in [0.15, 0.2) is 24.3 Å². The van der Waals surface area contributed by atoms with Crippen molar-refractivity contribution in [2.45, 2.75) is 50.2 Å². The van der Waals surface area contributed by atoms with Crippen LogP contribution in [0.4, 0.5) is 0 Å². The van der Waals surface area contributed by atoms with Crippen molar-refractivity contribution in [2.24, 2.45) is 0 Å². The summed E-state index contributed by atoms with van der Waals surface area (Å²) in [6.45, 7) is 9.84. The van der Waals surface area contributed by atoms with Gasteiger partial charge in [0.25, 0.3) is 5.91 Å². The van der Waals surface area contributed by atoms with Crippen LogP contribution in [0.2, 0.25) is 0 Å². The average Bonchev–Trinajstić information content (AvgIpc) is 3.19. The van der Waals surface area contributed by atoms with Gasteiger partial charge in [-0.1, -0.05) is 20.8 Å². The summed E-state index contributed by atoms with van der Waals surface area (Å²) in [7, 11) is 1.57. The molecule has 9 heteroatoms. The van der Waals surface area contributed by atoms with Gasteiger partial charge in [-0.05, 0) is 54.7 Å². The molecule has 0 fully saturated rings. The molecule has 7 nitrogen and oxygen atoms in total. The molecule has 2 heterocycles. The maximum atomic E-state index is 13.8. The lowest BCUT2D eigenvalue weighted by Crippen LogP contribution is -2.32. The van der Waals surface area contributed by atoms with Crippen LogP contribution in [0.1, 0.15) is 77.1 Å². The first-order valence-corrected chi connectivity index (χ1v) is 15.3. The molecule has 0 aromatic heterocycles. The zero-order chi connectivity index (χ0) is 27.8. The van der Waals surface area contributed by atoms with Crippen molar-refractivity contribution in [3.8, 4) is 11.5 Å². The molecule has 0 radical (unpaired) electrons. The third-order valence-electron chi connectivity index (χ3n) is 7.21. The summed E-state index contributed by atoms with van der Waals surface area (Å²) >= 11 is 3.59. The molecule has 0 saturated heterocycles. The number of fused-ring (bicyclic) bond motifs is 2. The first kappa shape index (κ1) is 28.4. The number of ether oxygens (including phenoxy) is 2. The SMILES string of the molecule is CCOc1cc2c(cc1C(=O)NC)C(=N)N(CC(=O)c1cc(C(C)(C)C)c3c(c1)C(SC)(SC)CCO3)C2. The maximum absolute atomic E-state index is 13.8. The van der Waals surface area contributed by atoms with Crippen LogP contribution in [0.5, 0.6) is 11.5 Å². The van der Waals surface area contributed by atoms with E-state index < -0.39 is 0 Å². The largest absolute Gasteiger partial charge is 0.493 e. The number of hydrogen-bond acceptors (Lipinski definition) is 7. The molecule has 0 spiro atoms. The minimum Gasteiger partial charge on any atom is -0.493 e. The minimum atomic E-state index is -0.268. The first-order valence-electron chi connectivity index (χ1n) is 12.8. The van der Waals surface area contributed by atoms with Gasteiger partial charge < -0.3 is 19.7 Å². The summed E-state index contributed by atoms with van der Waals surface area (Å²) < 4.78 is 11.7. The van der Waals surface area contributed by atoms with E-state index in [1.54, 1.807) is 41.5 Å². The Hall–Kier alpha value is -2.65. The number of amides is 1. The molecule has 38 heavy (non-hydrogen) atoms. The number of Topliss-reactive ketones (excluding diaryl/α,β-unsaturated/α-hetero) is 1. The van der Waals surface area contributed by atoms with E-state index in [1.807, 2.05) is 25.1 Å². The molecule has 2 N–H and O–H groups in total. The Morgan fingerprint density at radius 3 is 2.50 bits per heavy atom. The van der Waals surface area contributed by atoms with Gasteiger partial charge in [-0.25, -0.2) is 0 Å². The molecule has 4 rings (SSSR count). The fourth-order valence-electron chi connectivity index (χ4n) is 5.13. The maximum Gasteiger partial charge on any atom is 0.254 e. The average molecular weight is 556 g/mol. The molecule has 0 bridgehead atoms. The summed E-state index contributed by atoms with van der Waals surface area (Å²) in [6.07, 6.45) is 5.10. The van der Waals surface area contributed by atoms with Crippen LogP contribution in [0.3, 0.4) is 0 Å². The second-order valence-corrected chi connectivity index (χ2v) is 13.0. The van der Waals surface area contributed by atoms with E-state index in [2.05, 4.69) is 38.6 Å². The molecular weight excluding hydrogens is 518 g/mol. The van der Waals surface area contributed by atoms with Gasteiger partial charge in [0, 0.05) is 42.3 Å². The Labute approximate surface area is 233 Å². The third kappa shape index (κ3) is 5.02. The Balaban J connectivity index is 1.69. The van der Waals surface area contributed by atoms with Crippen LogP contribution in [0, 0.1) is 5.41 Å². The Kier molecular flexibility index (Phi) is 8.09. The van der Waals surface area contributed by atoms with Crippen molar-refractivity contribution in [3.05, 3.63) is 57.6 Å². The second kappa shape index (κ2) is 10.8. The molecule has 0 unspecified atom stereocenters. The van der Waals surface area contributed by atoms with E-state index in [4.69, 9.17) is 14.9 Å². The van der Waals surface area contributed by atoms with Crippen LogP contribution >= 0.6 is 23.5 Å². The number of ketones is 1. The van der Waals surface area contributed by atoms with E-state index in [9.17, 15) is 9.59 Å². The third-order valence-corrected chi connectivity index (χ3v) is 10.4. The van der Waals surface area contributed by atoms with E-state index in [-0.39, 0.29) is 33.6 Å². The lowest BCUT2D eigenvalue weighted by atomic mass is 9.82. The topological polar surface area (TPSA) is 91.7 Å². The number of carbonyl (C=O) groups excluding carboxylic acids is 2. The molecule has 204 valence electrons. The van der Waals surface area contributed by atoms with E-state index in [0.29, 0.717) is 42.2 Å². The quantitative estimate of drug-likeness (QED) is 0.332. The van der Waals surface area contributed by atoms with Crippen LogP contribution in [-0.2, 0) is 16.0 Å². The summed E-state index contributed by atoms with van der Waals surface area (Å²) in [5.74, 6) is 1.31. The van der Waals surface area contributed by atoms with Gasteiger partial charge in [0.05, 0.1) is 29.4 Å². The van der Waals surface area contributed by atoms with Crippen molar-refractivity contribution < 1.29 is 19.1 Å². The highest BCUT2D eigenvalue weighted by atomic mass is 32.2. The monoisotopic (exact) mass is 555 g/mol. The zero-order valence-corrected chi connectivity index (χ0v) is 24.9. The van der Waals surface area contributed by atoms with Gasteiger partial charge in [0.1, 0.15) is 17.3 Å². The van der Waals surface area contributed by atoms with Crippen molar-refractivity contribution in [1.29, 1.82) is 5.41 Å². The summed E-state index contributed by atoms with van der Waals surface area (Å²) in [6, 6.07) is 7.50. The van der Waals surface area contributed by atoms with E-state index in [0.717, 1.165) is 28.9 Å². The molecule has 2 aromatic carbocycles. The number of nitrogens with zero attached hydrogens (tertiary/aromatic N) is 1. The number of hydrogen-bond donors (Lipinski definition) is 2. The number of thioether (sulfide) groups is 2. The standard InChI is InChI=1S/C29H37N3O4S2/c1-8-35-24-13-18-15-32(26(30)19(18)14-20(24)27(34)31-5)16-23(33)17-11-21(28(2,3)4)25-22(12-17)29(37-6,38-7)9-10-36-25/h11-14,30H,8-10,15-16H2,1-7H3,(H,31,34). The molecule has 0 aliphatic carbocycles. The Morgan fingerprint density at radius 2 is 1.89 bits per heavy atom. The van der Waals surface area contributed by atoms with Crippen LogP contribution in [-0.4, -0.2) is 61.7 Å². The Bertz CT molecular complexity index is 1280. The molecule has 2 aliphatic rings. The number of rotatable bonds is 8. The van der Waals surface area contributed by atoms with Gasteiger partial charge in [-0.2, -0.15) is 0 Å². The number of amidine groups is 1. The van der Waals surface area contributed by atoms with Gasteiger partial charge >= 0.3 is 0 Å². The summed E-state index contributed by atoms with van der Waals surface area (Å²) in [5, 5.41) is 11.4. The highest BCUT2D eigenvalue weighted by Gasteiger charge is 2.40. The Morgan fingerprint density at radius 1 is 1.18 bits per heavy atom. The normalized spacial score (nSPS) is 16.0. The molecule has 2 aliphatic heterocycles. The lowest BCUT2D eigenvalue weighted by molar-refractivity contribution is 0.0952. The highest BCUT2D eigenvalue weighted by molar-refractivity contribution is 8.16. The van der Waals surface area contributed by atoms with Gasteiger partial charge in [0.15, 0.2) is 5.78 Å². The predicted octanol–water partition coefficient (Wildman–Crippen LogP) is 5.43. The van der Waals surface area contributed by atoms with Gasteiger partial charge in [0.2, 0.25) is 0 Å². The molecule has 2 aromatic rings. The summed E-state index contributed by atoms with van der Waals surface area (Å²) in [4.78, 5) is 28.0. The van der Waals surface area contributed by atoms with Gasteiger partial charge in [-0.3, -0.25) is 15.0 Å². The molecule has 0 atom stereocenters. The zero-order valence-electron chi connectivity index (χ0n) is 23.2. The van der Waals surface area contributed by atoms with Crippen molar-refractivity contribution in [2.75, 3.05) is 39.3 Å². The molecular formula is C29H37N3O4S2. The van der Waals surface area contributed by atoms with Gasteiger partial charge in [-0.15, -0.1) is 23.5 Å². The number of carbonyl (C=O) groups is 2. The van der Waals surface area contributed by atoms with Crippen LogP contribution in [0.25, 0.3) is 0 Å². The van der Waals surface area contributed by atoms with Crippen molar-refractivity contribution >= 4 is 41.0 Å². The first-order chi connectivity index (χ1) is 18.0. The minimum absolute atomic E-state index is 0.0471.